The average molecular weight is 191 g/mol. The molecule has 0 saturated heterocycles. The first kappa shape index (κ1) is 11.5. The van der Waals surface area contributed by atoms with Crippen LogP contribution in [0.25, 0.3) is 0 Å². The molecule has 0 aliphatic rings. The first-order valence-electron chi connectivity index (χ1n) is 1.65. The summed E-state index contributed by atoms with van der Waals surface area (Å²) in [5.74, 6) is 0. The van der Waals surface area contributed by atoms with Crippen molar-refractivity contribution in [2.45, 2.75) is 0 Å². The quantitative estimate of drug-likeness (QED) is 0.393. The summed E-state index contributed by atoms with van der Waals surface area (Å²) in [6.45, 7) is 0. The maximum Gasteiger partial charge on any atom is 0.249 e. The molecule has 0 aliphatic carbocycles. The van der Waals surface area contributed by atoms with E-state index in [-0.39, 0.29) is 19.5 Å². The van der Waals surface area contributed by atoms with Crippen LogP contribution in [0.1, 0.15) is 0 Å². The van der Waals surface area contributed by atoms with Crippen LogP contribution in [0.2, 0.25) is 0 Å². The van der Waals surface area contributed by atoms with Gasteiger partial charge in [0.2, 0.25) is 7.37 Å². The van der Waals surface area contributed by atoms with Crippen molar-refractivity contribution < 1.29 is 39.1 Å². The molecule has 8 heavy (non-hydrogen) atoms. The first-order valence-corrected chi connectivity index (χ1v) is 3.68. The van der Waals surface area contributed by atoms with Crippen molar-refractivity contribution in [3.05, 3.63) is 0 Å². The summed E-state index contributed by atoms with van der Waals surface area (Å²) < 4.78 is 10.0. The standard InChI is InChI=1S/C2H7O4P.Zn/c3-1-7(5,6)2-4;/h3-4H,1-2H2,(H,5,6);. The molecule has 0 aliphatic heterocycles. The van der Waals surface area contributed by atoms with E-state index < -0.39 is 20.1 Å². The second kappa shape index (κ2) is 4.60. The fourth-order valence-corrected chi connectivity index (χ4v) is 0.134. The molecule has 0 atom stereocenters. The van der Waals surface area contributed by atoms with E-state index in [9.17, 15) is 4.57 Å². The Morgan fingerprint density at radius 2 is 1.50 bits per heavy atom. The van der Waals surface area contributed by atoms with Gasteiger partial charge in [-0.15, -0.1) is 0 Å². The molecule has 0 rings (SSSR count). The van der Waals surface area contributed by atoms with Gasteiger partial charge in [-0.1, -0.05) is 0 Å². The fourth-order valence-electron chi connectivity index (χ4n) is 0.0447. The Kier molecular flexibility index (Phi) is 6.62. The van der Waals surface area contributed by atoms with Gasteiger partial charge in [0.15, 0.2) is 0 Å². The summed E-state index contributed by atoms with van der Waals surface area (Å²) >= 11 is 0. The molecule has 0 fully saturated rings. The zero-order valence-corrected chi connectivity index (χ0v) is 8.18. The summed E-state index contributed by atoms with van der Waals surface area (Å²) in [5, 5.41) is 15.8. The SMILES string of the molecule is O=P(O)(CO)CO.[Zn]. The van der Waals surface area contributed by atoms with Crippen LogP contribution in [0.3, 0.4) is 0 Å². The van der Waals surface area contributed by atoms with Gasteiger partial charge in [0, 0.05) is 19.5 Å². The van der Waals surface area contributed by atoms with E-state index in [2.05, 4.69) is 0 Å². The van der Waals surface area contributed by atoms with Crippen LogP contribution in [-0.2, 0) is 24.0 Å². The summed E-state index contributed by atoms with van der Waals surface area (Å²) in [6, 6.07) is 0. The van der Waals surface area contributed by atoms with Crippen molar-refractivity contribution in [1.82, 2.24) is 0 Å². The molecule has 0 aromatic heterocycles. The van der Waals surface area contributed by atoms with Crippen molar-refractivity contribution in [2.75, 3.05) is 12.7 Å². The van der Waals surface area contributed by atoms with Gasteiger partial charge >= 0.3 is 0 Å². The van der Waals surface area contributed by atoms with E-state index in [1.165, 1.54) is 0 Å². The number of hydrogen-bond acceptors (Lipinski definition) is 3. The number of aliphatic hydroxyl groups is 2. The van der Waals surface area contributed by atoms with Crippen LogP contribution in [-0.4, -0.2) is 27.8 Å². The smallest absolute Gasteiger partial charge is 0.249 e. The Balaban J connectivity index is 0. The van der Waals surface area contributed by atoms with E-state index >= 15 is 0 Å². The Morgan fingerprint density at radius 3 is 1.50 bits per heavy atom. The van der Waals surface area contributed by atoms with Gasteiger partial charge in [-0.25, -0.2) is 0 Å². The maximum atomic E-state index is 10.0. The topological polar surface area (TPSA) is 77.8 Å². The van der Waals surface area contributed by atoms with Crippen molar-refractivity contribution in [2.24, 2.45) is 0 Å². The van der Waals surface area contributed by atoms with E-state index in [4.69, 9.17) is 15.1 Å². The van der Waals surface area contributed by atoms with E-state index in [0.29, 0.717) is 0 Å². The normalized spacial score (nSPS) is 10.4. The summed E-state index contributed by atoms with van der Waals surface area (Å²) in [6.07, 6.45) is -1.69. The molecule has 0 heterocycles. The molecule has 0 saturated carbocycles. The Labute approximate surface area is 59.7 Å². The Hall–Kier alpha value is 0.733. The molecule has 46 valence electrons. The van der Waals surface area contributed by atoms with Crippen LogP contribution in [0.4, 0.5) is 0 Å². The predicted molar refractivity (Wildman–Crippen MR) is 24.0 cm³/mol. The van der Waals surface area contributed by atoms with Gasteiger partial charge in [0.1, 0.15) is 12.7 Å². The fraction of sp³-hybridized carbons (Fsp3) is 1.00. The van der Waals surface area contributed by atoms with Crippen LogP contribution in [0.5, 0.6) is 0 Å². The monoisotopic (exact) mass is 190 g/mol. The van der Waals surface area contributed by atoms with Crippen LogP contribution in [0.15, 0.2) is 0 Å². The summed E-state index contributed by atoms with van der Waals surface area (Å²) in [4.78, 5) is 8.19. The Morgan fingerprint density at radius 1 is 1.25 bits per heavy atom. The van der Waals surface area contributed by atoms with Gasteiger partial charge in [0.05, 0.1) is 0 Å². The molecular weight excluding hydrogens is 184 g/mol. The minimum atomic E-state index is -3.54. The first-order chi connectivity index (χ1) is 3.12. The van der Waals surface area contributed by atoms with E-state index in [1.54, 1.807) is 0 Å². The molecular formula is C2H7O4PZn. The molecule has 4 nitrogen and oxygen atoms in total. The van der Waals surface area contributed by atoms with Crippen molar-refractivity contribution in [3.8, 4) is 0 Å². The molecule has 0 unspecified atom stereocenters. The molecule has 0 spiro atoms. The predicted octanol–water partition coefficient (Wildman–Crippen LogP) is -0.846. The molecule has 0 aromatic rings. The largest absolute Gasteiger partial charge is 0.386 e. The molecule has 0 radical (unpaired) electrons. The third-order valence-electron chi connectivity index (χ3n) is 0.442. The molecule has 0 bridgehead atoms. The minimum absolute atomic E-state index is 0. The zero-order valence-electron chi connectivity index (χ0n) is 4.32. The maximum absolute atomic E-state index is 10.0. The zero-order chi connectivity index (χ0) is 5.91. The minimum Gasteiger partial charge on any atom is -0.386 e. The summed E-state index contributed by atoms with van der Waals surface area (Å²) in [5.41, 5.74) is 0. The molecule has 0 amide bonds. The third kappa shape index (κ3) is 4.88. The second-order valence-electron chi connectivity index (χ2n) is 1.13. The molecule has 3 N–H and O–H groups in total. The van der Waals surface area contributed by atoms with E-state index in [1.807, 2.05) is 0 Å². The molecule has 0 aromatic carbocycles. The average Bonchev–Trinajstić information content (AvgIpc) is 1.68. The Bertz CT molecular complexity index is 86.0. The van der Waals surface area contributed by atoms with Crippen molar-refractivity contribution in [3.63, 3.8) is 0 Å². The van der Waals surface area contributed by atoms with Crippen molar-refractivity contribution >= 4 is 7.37 Å². The number of rotatable bonds is 2. The number of aliphatic hydroxyl groups excluding tert-OH is 2. The van der Waals surface area contributed by atoms with Gasteiger partial charge in [-0.2, -0.15) is 0 Å². The van der Waals surface area contributed by atoms with Crippen LogP contribution >= 0.6 is 7.37 Å². The van der Waals surface area contributed by atoms with Crippen LogP contribution < -0.4 is 0 Å². The van der Waals surface area contributed by atoms with E-state index in [0.717, 1.165) is 0 Å². The molecule has 6 heteroatoms. The van der Waals surface area contributed by atoms with Crippen LogP contribution in [0, 0.1) is 0 Å². The third-order valence-corrected chi connectivity index (χ3v) is 1.33. The summed E-state index contributed by atoms with van der Waals surface area (Å²) in [7, 11) is -3.54. The van der Waals surface area contributed by atoms with Crippen molar-refractivity contribution in [1.29, 1.82) is 0 Å². The van der Waals surface area contributed by atoms with Gasteiger partial charge in [0.25, 0.3) is 0 Å². The van der Waals surface area contributed by atoms with Gasteiger partial charge in [-0.3, -0.25) is 4.57 Å². The van der Waals surface area contributed by atoms with Gasteiger partial charge in [-0.05, 0) is 0 Å². The van der Waals surface area contributed by atoms with Gasteiger partial charge < -0.3 is 15.1 Å². The number of hydrogen-bond donors (Lipinski definition) is 3. The second-order valence-corrected chi connectivity index (χ2v) is 3.39.